The molecule has 0 unspecified atom stereocenters. The van der Waals surface area contributed by atoms with Crippen LogP contribution in [0.1, 0.15) is 40.7 Å². The van der Waals surface area contributed by atoms with Gasteiger partial charge in [0.15, 0.2) is 5.69 Å². The number of piperidine rings is 1. The average molecular weight is 560 g/mol. The molecular formula is C25H24F3N7O3S. The molecule has 4 aromatic rings. The summed E-state index contributed by atoms with van der Waals surface area (Å²) < 4.78 is 47.0. The van der Waals surface area contributed by atoms with Crippen LogP contribution in [0.25, 0.3) is 16.4 Å². The summed E-state index contributed by atoms with van der Waals surface area (Å²) in [5.41, 5.74) is -1.48. The Kier molecular flexibility index (Phi) is 7.63. The number of aromatic nitrogens is 4. The molecule has 0 radical (unpaired) electrons. The molecule has 0 spiro atoms. The number of rotatable bonds is 7. The summed E-state index contributed by atoms with van der Waals surface area (Å²) in [6.45, 7) is 0.954. The van der Waals surface area contributed by atoms with Gasteiger partial charge in [0.25, 0.3) is 5.91 Å². The van der Waals surface area contributed by atoms with E-state index in [1.165, 1.54) is 11.3 Å². The number of thiophene rings is 1. The minimum Gasteiger partial charge on any atom is -0.350 e. The van der Waals surface area contributed by atoms with Gasteiger partial charge in [0.2, 0.25) is 11.7 Å². The summed E-state index contributed by atoms with van der Waals surface area (Å²) in [6, 6.07) is 11.7. The summed E-state index contributed by atoms with van der Waals surface area (Å²) in [7, 11) is 0. The molecule has 5 rings (SSSR count). The zero-order valence-corrected chi connectivity index (χ0v) is 21.3. The second kappa shape index (κ2) is 11.3. The molecule has 0 bridgehead atoms. The number of hydrogen-bond acceptors (Lipinski definition) is 7. The number of urea groups is 1. The van der Waals surface area contributed by atoms with Crippen LogP contribution in [0.2, 0.25) is 0 Å². The summed E-state index contributed by atoms with van der Waals surface area (Å²) in [4.78, 5) is 32.1. The third kappa shape index (κ3) is 6.11. The molecule has 1 aliphatic heterocycles. The number of nitrogens with zero attached hydrogens (tertiary/aromatic N) is 5. The first kappa shape index (κ1) is 26.4. The standard InChI is InChI=1S/C25H24F3N7O3S/c26-25(27,28)20-18(15-35(32-20)17-5-2-1-3-6-17)22(36)29-10-11-30-24(37)34-12-8-16(9-13-34)23-31-21(33-38-23)19-7-4-14-39-19/h1-7,14-16H,8-13H2,(H,29,36)(H,30,37). The summed E-state index contributed by atoms with van der Waals surface area (Å²) in [5.74, 6) is 0.224. The zero-order valence-electron chi connectivity index (χ0n) is 20.5. The van der Waals surface area contributed by atoms with E-state index in [0.29, 0.717) is 43.3 Å². The Hall–Kier alpha value is -4.20. The Morgan fingerprint density at radius 3 is 2.49 bits per heavy atom. The molecule has 1 aromatic carbocycles. The SMILES string of the molecule is O=C(NCCNC(=O)N1CCC(c2nc(-c3cccs3)no2)CC1)c1cn(-c2ccccc2)nc1C(F)(F)F. The number of likely N-dealkylation sites (tertiary alicyclic amines) is 1. The maximum atomic E-state index is 13.5. The van der Waals surface area contributed by atoms with Crippen molar-refractivity contribution >= 4 is 23.3 Å². The predicted octanol–water partition coefficient (Wildman–Crippen LogP) is 4.32. The Morgan fingerprint density at radius 2 is 1.79 bits per heavy atom. The van der Waals surface area contributed by atoms with Crippen molar-refractivity contribution in [3.63, 3.8) is 0 Å². The van der Waals surface area contributed by atoms with Crippen molar-refractivity contribution in [3.8, 4) is 16.4 Å². The molecule has 0 saturated carbocycles. The first-order valence-electron chi connectivity index (χ1n) is 12.2. The summed E-state index contributed by atoms with van der Waals surface area (Å²) in [5, 5.41) is 14.7. The van der Waals surface area contributed by atoms with Gasteiger partial charge in [0.1, 0.15) is 0 Å². The fourth-order valence-corrected chi connectivity index (χ4v) is 4.90. The van der Waals surface area contributed by atoms with Gasteiger partial charge < -0.3 is 20.1 Å². The van der Waals surface area contributed by atoms with E-state index in [4.69, 9.17) is 4.52 Å². The van der Waals surface area contributed by atoms with E-state index >= 15 is 0 Å². The molecular weight excluding hydrogens is 535 g/mol. The average Bonchev–Trinajstić information content (AvgIpc) is 3.72. The number of alkyl halides is 3. The van der Waals surface area contributed by atoms with Gasteiger partial charge in [-0.05, 0) is 36.4 Å². The first-order chi connectivity index (χ1) is 18.8. The van der Waals surface area contributed by atoms with Gasteiger partial charge in [-0.1, -0.05) is 29.4 Å². The Morgan fingerprint density at radius 1 is 1.05 bits per heavy atom. The molecule has 1 fully saturated rings. The van der Waals surface area contributed by atoms with Crippen molar-refractivity contribution in [2.24, 2.45) is 0 Å². The normalized spacial score (nSPS) is 14.4. The number of nitrogens with one attached hydrogen (secondary N) is 2. The summed E-state index contributed by atoms with van der Waals surface area (Å²) in [6.07, 6.45) is -2.45. The van der Waals surface area contributed by atoms with E-state index in [2.05, 4.69) is 25.9 Å². The Balaban J connectivity index is 1.09. The van der Waals surface area contributed by atoms with Crippen LogP contribution in [0.3, 0.4) is 0 Å². The van der Waals surface area contributed by atoms with Gasteiger partial charge in [-0.25, -0.2) is 9.48 Å². The Labute approximate surface area is 224 Å². The van der Waals surface area contributed by atoms with E-state index in [1.54, 1.807) is 35.2 Å². The van der Waals surface area contributed by atoms with Crippen LogP contribution in [0.15, 0.2) is 58.6 Å². The minimum atomic E-state index is -4.81. The minimum absolute atomic E-state index is 0.0481. The van der Waals surface area contributed by atoms with Crippen molar-refractivity contribution in [3.05, 3.63) is 71.2 Å². The smallest absolute Gasteiger partial charge is 0.350 e. The monoisotopic (exact) mass is 559 g/mol. The summed E-state index contributed by atoms with van der Waals surface area (Å²) >= 11 is 1.53. The number of hydrogen-bond donors (Lipinski definition) is 2. The highest BCUT2D eigenvalue weighted by atomic mass is 32.1. The topological polar surface area (TPSA) is 118 Å². The zero-order chi connectivity index (χ0) is 27.4. The van der Waals surface area contributed by atoms with Crippen molar-refractivity contribution in [1.29, 1.82) is 0 Å². The third-order valence-corrected chi connectivity index (χ3v) is 7.12. The molecule has 3 amide bonds. The maximum absolute atomic E-state index is 13.5. The number of carbonyl (C=O) groups is 2. The van der Waals surface area contributed by atoms with Gasteiger partial charge in [0, 0.05) is 38.3 Å². The van der Waals surface area contributed by atoms with Gasteiger partial charge in [-0.15, -0.1) is 11.3 Å². The molecule has 14 heteroatoms. The highest BCUT2D eigenvalue weighted by Gasteiger charge is 2.39. The van der Waals surface area contributed by atoms with Gasteiger partial charge in [-0.2, -0.15) is 23.3 Å². The van der Waals surface area contributed by atoms with E-state index in [0.717, 1.165) is 15.8 Å². The molecule has 2 N–H and O–H groups in total. The quantitative estimate of drug-likeness (QED) is 0.326. The number of para-hydroxylation sites is 1. The van der Waals surface area contributed by atoms with Crippen LogP contribution < -0.4 is 10.6 Å². The highest BCUT2D eigenvalue weighted by molar-refractivity contribution is 7.13. The lowest BCUT2D eigenvalue weighted by Gasteiger charge is -2.30. The molecule has 1 saturated heterocycles. The van der Waals surface area contributed by atoms with Crippen LogP contribution >= 0.6 is 11.3 Å². The molecule has 0 atom stereocenters. The van der Waals surface area contributed by atoms with Crippen molar-refractivity contribution in [1.82, 2.24) is 35.5 Å². The van der Waals surface area contributed by atoms with E-state index < -0.39 is 23.3 Å². The molecule has 3 aromatic heterocycles. The third-order valence-electron chi connectivity index (χ3n) is 6.25. The fraction of sp³-hybridized carbons (Fsp3) is 0.320. The molecule has 1 aliphatic rings. The van der Waals surface area contributed by atoms with Gasteiger partial charge in [-0.3, -0.25) is 4.79 Å². The van der Waals surface area contributed by atoms with Crippen LogP contribution in [0, 0.1) is 0 Å². The van der Waals surface area contributed by atoms with E-state index in [1.807, 2.05) is 17.5 Å². The van der Waals surface area contributed by atoms with Gasteiger partial charge in [0.05, 0.1) is 16.1 Å². The lowest BCUT2D eigenvalue weighted by Crippen LogP contribution is -2.46. The fourth-order valence-electron chi connectivity index (χ4n) is 4.25. The Bertz CT molecular complexity index is 1410. The second-order valence-electron chi connectivity index (χ2n) is 8.85. The molecule has 39 heavy (non-hydrogen) atoms. The maximum Gasteiger partial charge on any atom is 0.435 e. The lowest BCUT2D eigenvalue weighted by molar-refractivity contribution is -0.141. The second-order valence-corrected chi connectivity index (χ2v) is 9.80. The predicted molar refractivity (Wildman–Crippen MR) is 135 cm³/mol. The van der Waals surface area contributed by atoms with E-state index in [-0.39, 0.29) is 25.0 Å². The molecule has 4 heterocycles. The lowest BCUT2D eigenvalue weighted by atomic mass is 9.97. The van der Waals surface area contributed by atoms with Crippen LogP contribution in [-0.2, 0) is 6.18 Å². The number of benzene rings is 1. The van der Waals surface area contributed by atoms with Crippen LogP contribution in [0.5, 0.6) is 0 Å². The molecule has 0 aliphatic carbocycles. The highest BCUT2D eigenvalue weighted by Crippen LogP contribution is 2.32. The van der Waals surface area contributed by atoms with Crippen molar-refractivity contribution < 1.29 is 27.3 Å². The van der Waals surface area contributed by atoms with Crippen LogP contribution in [-0.4, -0.2) is 62.9 Å². The van der Waals surface area contributed by atoms with E-state index in [9.17, 15) is 22.8 Å². The molecule has 204 valence electrons. The number of halogens is 3. The molecule has 10 nitrogen and oxygen atoms in total. The van der Waals surface area contributed by atoms with Crippen LogP contribution in [0.4, 0.5) is 18.0 Å². The van der Waals surface area contributed by atoms with Crippen molar-refractivity contribution in [2.45, 2.75) is 24.9 Å². The van der Waals surface area contributed by atoms with Crippen molar-refractivity contribution in [2.75, 3.05) is 26.2 Å². The first-order valence-corrected chi connectivity index (χ1v) is 13.1. The number of amides is 3. The van der Waals surface area contributed by atoms with Gasteiger partial charge >= 0.3 is 12.2 Å². The largest absolute Gasteiger partial charge is 0.435 e. The number of carbonyl (C=O) groups excluding carboxylic acids is 2.